The van der Waals surface area contributed by atoms with Crippen molar-refractivity contribution in [3.8, 4) is 0 Å². The van der Waals surface area contributed by atoms with E-state index in [1.54, 1.807) is 6.07 Å². The summed E-state index contributed by atoms with van der Waals surface area (Å²) in [5.41, 5.74) is 0.0926. The van der Waals surface area contributed by atoms with Crippen molar-refractivity contribution in [1.29, 1.82) is 0 Å². The smallest absolute Gasteiger partial charge is 0.255 e. The summed E-state index contributed by atoms with van der Waals surface area (Å²) in [6, 6.07) is 9.74. The molecule has 1 N–H and O–H groups in total. The van der Waals surface area contributed by atoms with Crippen LogP contribution in [0.2, 0.25) is 5.02 Å². The van der Waals surface area contributed by atoms with E-state index in [9.17, 15) is 21.6 Å². The van der Waals surface area contributed by atoms with Crippen LogP contribution >= 0.6 is 11.6 Å². The van der Waals surface area contributed by atoms with E-state index in [0.29, 0.717) is 0 Å². The van der Waals surface area contributed by atoms with E-state index < -0.39 is 26.0 Å². The highest BCUT2D eigenvalue weighted by Crippen LogP contribution is 2.27. The van der Waals surface area contributed by atoms with E-state index in [-0.39, 0.29) is 26.1 Å². The van der Waals surface area contributed by atoms with Gasteiger partial charge in [0.1, 0.15) is 9.79 Å². The van der Waals surface area contributed by atoms with Crippen LogP contribution in [-0.2, 0) is 20.0 Å². The number of carbonyl (C=O) groups is 1. The van der Waals surface area contributed by atoms with Crippen LogP contribution < -0.4 is 5.32 Å². The Kier molecular flexibility index (Phi) is 6.51. The fourth-order valence-corrected chi connectivity index (χ4v) is 4.66. The summed E-state index contributed by atoms with van der Waals surface area (Å²) in [6.07, 6.45) is 0. The molecule has 0 atom stereocenters. The maximum Gasteiger partial charge on any atom is 0.255 e. The van der Waals surface area contributed by atoms with E-state index in [2.05, 4.69) is 5.32 Å². The predicted molar refractivity (Wildman–Crippen MR) is 108 cm³/mol. The van der Waals surface area contributed by atoms with Crippen LogP contribution in [0.5, 0.6) is 0 Å². The summed E-state index contributed by atoms with van der Waals surface area (Å²) >= 11 is 5.99. The molecular formula is C17H20ClN3O5S2. The third-order valence-corrected chi connectivity index (χ3v) is 8.02. The first-order valence-corrected chi connectivity index (χ1v) is 11.2. The number of nitrogens with one attached hydrogen (secondary N) is 1. The van der Waals surface area contributed by atoms with Gasteiger partial charge in [0.25, 0.3) is 5.91 Å². The van der Waals surface area contributed by atoms with Crippen LogP contribution in [0.15, 0.2) is 52.3 Å². The first kappa shape index (κ1) is 22.3. The van der Waals surface area contributed by atoms with Gasteiger partial charge in [-0.05, 0) is 30.3 Å². The lowest BCUT2D eigenvalue weighted by atomic mass is 10.2. The van der Waals surface area contributed by atoms with Gasteiger partial charge >= 0.3 is 0 Å². The van der Waals surface area contributed by atoms with Crippen molar-refractivity contribution in [2.75, 3.05) is 33.5 Å². The van der Waals surface area contributed by atoms with Crippen LogP contribution in [0.4, 0.5) is 5.69 Å². The minimum absolute atomic E-state index is 0.0156. The minimum Gasteiger partial charge on any atom is -0.321 e. The molecule has 2 aromatic carbocycles. The number of amides is 1. The Morgan fingerprint density at radius 2 is 1.39 bits per heavy atom. The van der Waals surface area contributed by atoms with Gasteiger partial charge in [0.05, 0.1) is 10.7 Å². The monoisotopic (exact) mass is 445 g/mol. The van der Waals surface area contributed by atoms with Crippen molar-refractivity contribution in [2.45, 2.75) is 9.79 Å². The lowest BCUT2D eigenvalue weighted by Gasteiger charge is -2.16. The molecule has 28 heavy (non-hydrogen) atoms. The zero-order valence-corrected chi connectivity index (χ0v) is 18.1. The maximum absolute atomic E-state index is 12.7. The van der Waals surface area contributed by atoms with Crippen LogP contribution in [0, 0.1) is 0 Å². The Balaban J connectivity index is 2.46. The molecular weight excluding hydrogens is 426 g/mol. The molecule has 0 spiro atoms. The molecule has 2 aromatic rings. The maximum atomic E-state index is 12.7. The van der Waals surface area contributed by atoms with Crippen LogP contribution in [-0.4, -0.2) is 59.5 Å². The molecule has 0 aliphatic heterocycles. The number of hydrogen-bond donors (Lipinski definition) is 1. The molecule has 8 nitrogen and oxygen atoms in total. The Hall–Kier alpha value is -1.98. The minimum atomic E-state index is -3.86. The van der Waals surface area contributed by atoms with E-state index in [0.717, 1.165) is 14.7 Å². The summed E-state index contributed by atoms with van der Waals surface area (Å²) in [7, 11) is -2.19. The van der Waals surface area contributed by atoms with Gasteiger partial charge in [-0.15, -0.1) is 0 Å². The third-order valence-electron chi connectivity index (χ3n) is 3.85. The van der Waals surface area contributed by atoms with E-state index in [4.69, 9.17) is 11.6 Å². The van der Waals surface area contributed by atoms with Gasteiger partial charge in [-0.2, -0.15) is 0 Å². The van der Waals surface area contributed by atoms with Gasteiger partial charge in [-0.3, -0.25) is 4.79 Å². The zero-order valence-electron chi connectivity index (χ0n) is 15.7. The van der Waals surface area contributed by atoms with Crippen molar-refractivity contribution in [2.24, 2.45) is 0 Å². The number of nitrogens with zero attached hydrogens (tertiary/aromatic N) is 2. The first-order chi connectivity index (χ1) is 12.9. The van der Waals surface area contributed by atoms with Gasteiger partial charge in [0.15, 0.2) is 0 Å². The lowest BCUT2D eigenvalue weighted by molar-refractivity contribution is 0.102. The summed E-state index contributed by atoms with van der Waals surface area (Å²) in [6.45, 7) is 0. The predicted octanol–water partition coefficient (Wildman–Crippen LogP) is 2.09. The molecule has 11 heteroatoms. The Morgan fingerprint density at radius 1 is 0.857 bits per heavy atom. The summed E-state index contributed by atoms with van der Waals surface area (Å²) in [4.78, 5) is 12.4. The van der Waals surface area contributed by atoms with Gasteiger partial charge < -0.3 is 5.32 Å². The topological polar surface area (TPSA) is 104 Å². The van der Waals surface area contributed by atoms with Crippen molar-refractivity contribution >= 4 is 43.2 Å². The lowest BCUT2D eigenvalue weighted by Crippen LogP contribution is -2.25. The number of anilines is 1. The molecule has 0 aromatic heterocycles. The van der Waals surface area contributed by atoms with Gasteiger partial charge in [-0.25, -0.2) is 25.4 Å². The summed E-state index contributed by atoms with van der Waals surface area (Å²) in [5, 5.41) is 2.49. The average molecular weight is 446 g/mol. The first-order valence-electron chi connectivity index (χ1n) is 7.94. The second-order valence-electron chi connectivity index (χ2n) is 6.17. The molecule has 0 unspecified atom stereocenters. The van der Waals surface area contributed by atoms with E-state index in [1.165, 1.54) is 58.5 Å². The number of carbonyl (C=O) groups excluding carboxylic acids is 1. The SMILES string of the molecule is CN(C)S(=O)(=O)c1cc(C(=O)Nc2ccccc2S(=O)(=O)N(C)C)ccc1Cl. The zero-order chi connectivity index (χ0) is 21.3. The molecule has 0 bridgehead atoms. The van der Waals surface area contributed by atoms with Crippen LogP contribution in [0.1, 0.15) is 10.4 Å². The molecule has 0 fully saturated rings. The Bertz CT molecular complexity index is 1110. The second-order valence-corrected chi connectivity index (χ2v) is 10.8. The van der Waals surface area contributed by atoms with Crippen molar-refractivity contribution in [1.82, 2.24) is 8.61 Å². The molecule has 0 saturated heterocycles. The van der Waals surface area contributed by atoms with E-state index >= 15 is 0 Å². The second kappa shape index (κ2) is 8.18. The Labute approximate surface area is 169 Å². The number of halogens is 1. The van der Waals surface area contributed by atoms with Crippen LogP contribution in [0.25, 0.3) is 0 Å². The standard InChI is InChI=1S/C17H20ClN3O5S2/c1-20(2)27(23,24)15-8-6-5-7-14(15)19-17(22)12-9-10-13(18)16(11-12)28(25,26)21(3)4/h5-11H,1-4H3,(H,19,22). The molecule has 2 rings (SSSR count). The van der Waals surface area contributed by atoms with Crippen LogP contribution in [0.3, 0.4) is 0 Å². The highest BCUT2D eigenvalue weighted by Gasteiger charge is 2.24. The molecule has 1 amide bonds. The fourth-order valence-electron chi connectivity index (χ4n) is 2.23. The molecule has 0 saturated carbocycles. The van der Waals surface area contributed by atoms with Crippen molar-refractivity contribution in [3.63, 3.8) is 0 Å². The summed E-state index contributed by atoms with van der Waals surface area (Å²) in [5.74, 6) is -0.673. The van der Waals surface area contributed by atoms with Gasteiger partial charge in [0, 0.05) is 33.8 Å². The van der Waals surface area contributed by atoms with Gasteiger partial charge in [0.2, 0.25) is 20.0 Å². The summed E-state index contributed by atoms with van der Waals surface area (Å²) < 4.78 is 51.7. The van der Waals surface area contributed by atoms with E-state index in [1.807, 2.05) is 0 Å². The number of hydrogen-bond acceptors (Lipinski definition) is 5. The third kappa shape index (κ3) is 4.36. The normalized spacial score (nSPS) is 12.4. The molecule has 0 aliphatic rings. The quantitative estimate of drug-likeness (QED) is 0.733. The fraction of sp³-hybridized carbons (Fsp3) is 0.235. The largest absolute Gasteiger partial charge is 0.321 e. The number of rotatable bonds is 6. The molecule has 152 valence electrons. The van der Waals surface area contributed by atoms with Crippen molar-refractivity contribution in [3.05, 3.63) is 53.1 Å². The van der Waals surface area contributed by atoms with Crippen molar-refractivity contribution < 1.29 is 21.6 Å². The molecule has 0 radical (unpaired) electrons. The number of benzene rings is 2. The highest BCUT2D eigenvalue weighted by atomic mass is 35.5. The van der Waals surface area contributed by atoms with Gasteiger partial charge in [-0.1, -0.05) is 23.7 Å². The Morgan fingerprint density at radius 3 is 1.96 bits per heavy atom. The number of para-hydroxylation sites is 1. The average Bonchev–Trinajstić information content (AvgIpc) is 2.61. The molecule has 0 heterocycles. The molecule has 0 aliphatic carbocycles. The number of sulfonamides is 2. The highest BCUT2D eigenvalue weighted by molar-refractivity contribution is 7.89.